The smallest absolute Gasteiger partial charge is 0.185 e. The van der Waals surface area contributed by atoms with E-state index in [0.717, 1.165) is 11.2 Å². The van der Waals surface area contributed by atoms with Gasteiger partial charge in [0.1, 0.15) is 0 Å². The van der Waals surface area contributed by atoms with Crippen molar-refractivity contribution in [2.24, 2.45) is 0 Å². The van der Waals surface area contributed by atoms with Gasteiger partial charge in [0.25, 0.3) is 0 Å². The molecule has 110 valence electrons. The highest BCUT2D eigenvalue weighted by Gasteiger charge is 2.41. The summed E-state index contributed by atoms with van der Waals surface area (Å²) in [6, 6.07) is 2.46. The summed E-state index contributed by atoms with van der Waals surface area (Å²) < 4.78 is 0. The maximum atomic E-state index is 10.7. The van der Waals surface area contributed by atoms with Crippen molar-refractivity contribution >= 4 is 33.0 Å². The maximum Gasteiger partial charge on any atom is 0.185 e. The first-order valence-corrected chi connectivity index (χ1v) is 20.1. The molecule has 0 bridgehead atoms. The Bertz CT molecular complexity index is 229. The third-order valence-electron chi connectivity index (χ3n) is 6.25. The molecule has 5 atom stereocenters. The summed E-state index contributed by atoms with van der Waals surface area (Å²) in [6.07, 6.45) is 0. The van der Waals surface area contributed by atoms with Crippen molar-refractivity contribution in [1.82, 2.24) is 0 Å². The quantitative estimate of drug-likeness (QED) is 0.704. The second-order valence-corrected chi connectivity index (χ2v) is 30.4. The first-order valence-electron chi connectivity index (χ1n) is 7.73. The highest BCUT2D eigenvalue weighted by atomic mass is 29.2. The molecule has 0 aliphatic carbocycles. The molecule has 0 aliphatic heterocycles. The van der Waals surface area contributed by atoms with E-state index in [4.69, 9.17) is 0 Å². The van der Waals surface area contributed by atoms with E-state index >= 15 is 0 Å². The normalized spacial score (nSPS) is 23.0. The molecule has 0 aromatic heterocycles. The molecule has 0 amide bonds. The van der Waals surface area contributed by atoms with Crippen LogP contribution >= 0.6 is 0 Å². The van der Waals surface area contributed by atoms with E-state index in [1.165, 1.54) is 6.04 Å². The van der Waals surface area contributed by atoms with Crippen molar-refractivity contribution in [3.05, 3.63) is 0 Å². The van der Waals surface area contributed by atoms with Gasteiger partial charge in [0, 0.05) is 24.7 Å². The molecule has 0 aromatic carbocycles. The highest BCUT2D eigenvalue weighted by Crippen LogP contribution is 2.34. The van der Waals surface area contributed by atoms with Crippen LogP contribution in [0.15, 0.2) is 0 Å². The van der Waals surface area contributed by atoms with Crippen molar-refractivity contribution in [3.8, 4) is 0 Å². The summed E-state index contributed by atoms with van der Waals surface area (Å²) in [5, 5.41) is 1.74. The van der Waals surface area contributed by atoms with Crippen molar-refractivity contribution in [1.29, 1.82) is 0 Å². The van der Waals surface area contributed by atoms with Gasteiger partial charge in [0.15, 0.2) is 8.32 Å². The molecule has 18 heavy (non-hydrogen) atoms. The van der Waals surface area contributed by atoms with E-state index in [-0.39, 0.29) is 0 Å². The van der Waals surface area contributed by atoms with E-state index in [0.29, 0.717) is 5.16 Å². The average molecular weight is 321 g/mol. The van der Waals surface area contributed by atoms with Gasteiger partial charge in [-0.15, -0.1) is 0 Å². The second-order valence-electron chi connectivity index (χ2n) is 7.35. The Morgan fingerprint density at radius 3 is 1.61 bits per heavy atom. The molecule has 0 radical (unpaired) electrons. The van der Waals surface area contributed by atoms with E-state index in [1.807, 2.05) is 0 Å². The fourth-order valence-corrected chi connectivity index (χ4v) is 36.9. The van der Waals surface area contributed by atoms with Crippen LogP contribution in [0.2, 0.25) is 55.2 Å². The molecule has 0 saturated heterocycles. The van der Waals surface area contributed by atoms with Gasteiger partial charge in [-0.05, 0) is 17.8 Å². The van der Waals surface area contributed by atoms with E-state index in [9.17, 15) is 4.80 Å². The van der Waals surface area contributed by atoms with Crippen LogP contribution in [0.25, 0.3) is 0 Å². The standard InChI is InChI=1S/C13H36OSi4/c1-10-17(7,8)12(3)15(5)16(6)13(4)18(9,14)11-2/h12-16H,10-11H2,1-9H3. The topological polar surface area (TPSA) is 20.2 Å². The summed E-state index contributed by atoms with van der Waals surface area (Å²) in [6.45, 7) is 22.0. The molecule has 5 unspecified atom stereocenters. The zero-order valence-corrected chi connectivity index (χ0v) is 18.5. The van der Waals surface area contributed by atoms with Gasteiger partial charge in [0.05, 0.1) is 0 Å². The molecule has 0 saturated carbocycles. The van der Waals surface area contributed by atoms with Gasteiger partial charge < -0.3 is 4.80 Å². The van der Waals surface area contributed by atoms with Crippen LogP contribution in [0.3, 0.4) is 0 Å². The number of rotatable bonds is 7. The minimum absolute atomic E-state index is 0.629. The lowest BCUT2D eigenvalue weighted by Gasteiger charge is -2.40. The predicted molar refractivity (Wildman–Crippen MR) is 97.2 cm³/mol. The maximum absolute atomic E-state index is 10.7. The molecule has 0 spiro atoms. The van der Waals surface area contributed by atoms with Crippen LogP contribution in [0, 0.1) is 0 Å². The zero-order valence-electron chi connectivity index (χ0n) is 14.2. The minimum atomic E-state index is -1.91. The fraction of sp³-hybridized carbons (Fsp3) is 1.00. The van der Waals surface area contributed by atoms with Crippen LogP contribution in [0.5, 0.6) is 0 Å². The zero-order chi connectivity index (χ0) is 14.7. The molecular weight excluding hydrogens is 284 g/mol. The van der Waals surface area contributed by atoms with Gasteiger partial charge in [-0.25, -0.2) is 0 Å². The number of hydrogen-bond acceptors (Lipinski definition) is 1. The van der Waals surface area contributed by atoms with Gasteiger partial charge in [-0.1, -0.05) is 65.1 Å². The SMILES string of the molecule is CC[Si](C)(C)C(C)[SiH](C)[SiH](C)C(C)[Si](C)(O)CC. The van der Waals surface area contributed by atoms with Crippen LogP contribution in [-0.2, 0) is 0 Å². The Morgan fingerprint density at radius 1 is 0.889 bits per heavy atom. The summed E-state index contributed by atoms with van der Waals surface area (Å²) >= 11 is 0. The Morgan fingerprint density at radius 2 is 1.28 bits per heavy atom. The third-order valence-corrected chi connectivity index (χ3v) is 37.5. The molecule has 0 aromatic rings. The summed E-state index contributed by atoms with van der Waals surface area (Å²) in [5.41, 5.74) is 0. The lowest BCUT2D eigenvalue weighted by molar-refractivity contribution is 0.535. The Balaban J connectivity index is 4.84. The summed E-state index contributed by atoms with van der Waals surface area (Å²) in [5.74, 6) is 0. The predicted octanol–water partition coefficient (Wildman–Crippen LogP) is 3.95. The first kappa shape index (κ1) is 18.8. The molecular formula is C13H36OSi4. The molecule has 1 N–H and O–H groups in total. The van der Waals surface area contributed by atoms with E-state index in [2.05, 4.69) is 60.4 Å². The van der Waals surface area contributed by atoms with E-state index < -0.39 is 33.0 Å². The van der Waals surface area contributed by atoms with Crippen molar-refractivity contribution < 1.29 is 4.80 Å². The number of hydrogen-bond donors (Lipinski definition) is 1. The van der Waals surface area contributed by atoms with Crippen LogP contribution in [-0.4, -0.2) is 37.8 Å². The van der Waals surface area contributed by atoms with Crippen LogP contribution < -0.4 is 0 Å². The Labute approximate surface area is 121 Å². The lowest BCUT2D eigenvalue weighted by Crippen LogP contribution is -2.52. The second kappa shape index (κ2) is 7.01. The lowest BCUT2D eigenvalue weighted by atomic mass is 10.9. The molecule has 0 fully saturated rings. The van der Waals surface area contributed by atoms with Crippen molar-refractivity contribution in [2.75, 3.05) is 0 Å². The molecule has 0 heterocycles. The van der Waals surface area contributed by atoms with Crippen molar-refractivity contribution in [2.45, 2.75) is 82.8 Å². The third kappa shape index (κ3) is 4.44. The van der Waals surface area contributed by atoms with Gasteiger partial charge >= 0.3 is 0 Å². The molecule has 1 nitrogen and oxygen atoms in total. The highest BCUT2D eigenvalue weighted by molar-refractivity contribution is 7.28. The summed E-state index contributed by atoms with van der Waals surface area (Å²) in [7, 11) is -4.25. The largest absolute Gasteiger partial charge is 0.432 e. The van der Waals surface area contributed by atoms with Crippen molar-refractivity contribution in [3.63, 3.8) is 0 Å². The van der Waals surface area contributed by atoms with Gasteiger partial charge in [-0.2, -0.15) is 0 Å². The first-order chi connectivity index (χ1) is 8.01. The van der Waals surface area contributed by atoms with Gasteiger partial charge in [0.2, 0.25) is 0 Å². The van der Waals surface area contributed by atoms with E-state index in [1.54, 1.807) is 0 Å². The van der Waals surface area contributed by atoms with Crippen LogP contribution in [0.1, 0.15) is 27.7 Å². The fourth-order valence-electron chi connectivity index (χ4n) is 2.83. The Hall–Kier alpha value is 0.828. The monoisotopic (exact) mass is 320 g/mol. The average Bonchev–Trinajstić information content (AvgIpc) is 2.34. The molecule has 0 aliphatic rings. The Kier molecular flexibility index (Phi) is 7.34. The van der Waals surface area contributed by atoms with Crippen LogP contribution in [0.4, 0.5) is 0 Å². The molecule has 0 rings (SSSR count). The summed E-state index contributed by atoms with van der Waals surface area (Å²) in [4.78, 5) is 10.7. The molecule has 5 heteroatoms. The van der Waals surface area contributed by atoms with Gasteiger partial charge in [-0.3, -0.25) is 0 Å². The minimum Gasteiger partial charge on any atom is -0.432 e.